The molecule has 0 saturated heterocycles. The summed E-state index contributed by atoms with van der Waals surface area (Å²) in [6.07, 6.45) is 1.77. The van der Waals surface area contributed by atoms with E-state index in [9.17, 15) is 14.4 Å². The van der Waals surface area contributed by atoms with Crippen molar-refractivity contribution in [3.63, 3.8) is 0 Å². The zero-order valence-electron chi connectivity index (χ0n) is 20.4. The van der Waals surface area contributed by atoms with Crippen molar-refractivity contribution in [1.29, 1.82) is 0 Å². The van der Waals surface area contributed by atoms with Crippen LogP contribution >= 0.6 is 0 Å². The van der Waals surface area contributed by atoms with Gasteiger partial charge in [-0.3, -0.25) is 9.59 Å². The Bertz CT molecular complexity index is 1030. The number of amides is 2. The summed E-state index contributed by atoms with van der Waals surface area (Å²) in [5, 5.41) is 12.0. The van der Waals surface area contributed by atoms with E-state index in [2.05, 4.69) is 29.6 Å². The van der Waals surface area contributed by atoms with Crippen LogP contribution in [0.25, 0.3) is 11.1 Å². The van der Waals surface area contributed by atoms with E-state index < -0.39 is 18.0 Å². The Kier molecular flexibility index (Phi) is 7.73. The van der Waals surface area contributed by atoms with Gasteiger partial charge in [0.15, 0.2) is 0 Å². The summed E-state index contributed by atoms with van der Waals surface area (Å²) in [5.41, 5.74) is 4.77. The molecule has 35 heavy (non-hydrogen) atoms. The fourth-order valence-electron chi connectivity index (χ4n) is 5.28. The molecule has 0 bridgehead atoms. The van der Waals surface area contributed by atoms with E-state index in [1.807, 2.05) is 31.2 Å². The van der Waals surface area contributed by atoms with Gasteiger partial charge in [-0.25, -0.2) is 4.79 Å². The molecule has 0 aliphatic heterocycles. The Labute approximate surface area is 206 Å². The lowest BCUT2D eigenvalue weighted by atomic mass is 9.73. The largest absolute Gasteiger partial charge is 0.481 e. The third-order valence-electron chi connectivity index (χ3n) is 7.33. The molecule has 2 amide bonds. The first kappa shape index (κ1) is 24.8. The first-order chi connectivity index (χ1) is 16.9. The van der Waals surface area contributed by atoms with Crippen LogP contribution in [-0.2, 0) is 14.3 Å². The van der Waals surface area contributed by atoms with Gasteiger partial charge >= 0.3 is 12.1 Å². The molecule has 7 nitrogen and oxygen atoms in total. The molecule has 2 aliphatic rings. The molecule has 0 heterocycles. The summed E-state index contributed by atoms with van der Waals surface area (Å²) < 4.78 is 5.59. The number of nitrogens with one attached hydrogen (secondary N) is 1. The topological polar surface area (TPSA) is 95.9 Å². The monoisotopic (exact) mass is 478 g/mol. The van der Waals surface area contributed by atoms with Gasteiger partial charge in [0.1, 0.15) is 6.61 Å². The van der Waals surface area contributed by atoms with Gasteiger partial charge in [-0.2, -0.15) is 0 Å². The molecule has 186 valence electrons. The molecule has 0 spiro atoms. The van der Waals surface area contributed by atoms with E-state index in [1.165, 1.54) is 22.3 Å². The molecule has 2 aromatic rings. The number of benzene rings is 2. The Morgan fingerprint density at radius 2 is 1.63 bits per heavy atom. The van der Waals surface area contributed by atoms with Gasteiger partial charge in [0, 0.05) is 32.0 Å². The van der Waals surface area contributed by atoms with Crippen molar-refractivity contribution in [2.24, 2.45) is 17.8 Å². The number of hydrogen-bond donors (Lipinski definition) is 2. The smallest absolute Gasteiger partial charge is 0.407 e. The molecule has 1 unspecified atom stereocenters. The Morgan fingerprint density at radius 3 is 2.20 bits per heavy atom. The third kappa shape index (κ3) is 5.66. The van der Waals surface area contributed by atoms with Gasteiger partial charge in [0.25, 0.3) is 0 Å². The summed E-state index contributed by atoms with van der Waals surface area (Å²) in [6, 6.07) is 16.5. The highest BCUT2D eigenvalue weighted by Crippen LogP contribution is 2.44. The van der Waals surface area contributed by atoms with Crippen molar-refractivity contribution in [3.05, 3.63) is 59.7 Å². The Hall–Kier alpha value is -3.35. The summed E-state index contributed by atoms with van der Waals surface area (Å²) in [6.45, 7) is 5.07. The van der Waals surface area contributed by atoms with Crippen LogP contribution in [0.4, 0.5) is 4.79 Å². The van der Waals surface area contributed by atoms with Crippen molar-refractivity contribution in [2.45, 2.75) is 39.0 Å². The van der Waals surface area contributed by atoms with E-state index in [0.29, 0.717) is 32.0 Å². The fourth-order valence-corrected chi connectivity index (χ4v) is 5.28. The highest BCUT2D eigenvalue weighted by molar-refractivity contribution is 5.79. The number of aliphatic carboxylic acids is 1. The van der Waals surface area contributed by atoms with E-state index in [0.717, 1.165) is 12.8 Å². The summed E-state index contributed by atoms with van der Waals surface area (Å²) in [7, 11) is 0. The lowest BCUT2D eigenvalue weighted by Gasteiger charge is -2.36. The zero-order chi connectivity index (χ0) is 24.9. The summed E-state index contributed by atoms with van der Waals surface area (Å²) in [5.74, 6) is -0.799. The van der Waals surface area contributed by atoms with Gasteiger partial charge in [-0.15, -0.1) is 0 Å². The van der Waals surface area contributed by atoms with Crippen LogP contribution in [0.2, 0.25) is 0 Å². The molecule has 1 fully saturated rings. The molecule has 2 aromatic carbocycles. The predicted molar refractivity (Wildman–Crippen MR) is 133 cm³/mol. The quantitative estimate of drug-likeness (QED) is 0.524. The number of fused-ring (bicyclic) bond motifs is 3. The number of hydrogen-bond acceptors (Lipinski definition) is 4. The number of nitrogens with zero attached hydrogens (tertiary/aromatic N) is 1. The molecule has 2 aliphatic carbocycles. The lowest BCUT2D eigenvalue weighted by molar-refractivity contribution is -0.143. The summed E-state index contributed by atoms with van der Waals surface area (Å²) in [4.78, 5) is 37.6. The van der Waals surface area contributed by atoms with Crippen molar-refractivity contribution in [2.75, 3.05) is 26.2 Å². The number of carbonyl (C=O) groups excluding carboxylic acids is 2. The van der Waals surface area contributed by atoms with Crippen LogP contribution in [0.3, 0.4) is 0 Å². The Balaban J connectivity index is 1.18. The van der Waals surface area contributed by atoms with Crippen LogP contribution in [0.1, 0.15) is 50.2 Å². The minimum absolute atomic E-state index is 0.00791. The third-order valence-corrected chi connectivity index (χ3v) is 7.33. The van der Waals surface area contributed by atoms with Crippen molar-refractivity contribution >= 4 is 18.0 Å². The van der Waals surface area contributed by atoms with Gasteiger partial charge in [0.05, 0.1) is 5.92 Å². The molecule has 4 rings (SSSR count). The second-order valence-corrected chi connectivity index (χ2v) is 9.79. The van der Waals surface area contributed by atoms with Gasteiger partial charge in [0.2, 0.25) is 5.91 Å². The Morgan fingerprint density at radius 1 is 1.03 bits per heavy atom. The normalized spacial score (nSPS) is 19.1. The first-order valence-electron chi connectivity index (χ1n) is 12.5. The van der Waals surface area contributed by atoms with E-state index in [-0.39, 0.29) is 24.3 Å². The minimum atomic E-state index is -0.890. The van der Waals surface area contributed by atoms with Gasteiger partial charge in [-0.05, 0) is 53.9 Å². The van der Waals surface area contributed by atoms with Crippen LogP contribution < -0.4 is 5.32 Å². The molecule has 1 atom stereocenters. The fraction of sp³-hybridized carbons (Fsp3) is 0.464. The standard InChI is InChI=1S/C28H34N2O5/c1-3-30(16-18(2)27(32)33)26(31)14-19-12-20(13-19)15-29-28(34)35-17-25-23-10-6-4-8-21(23)22-9-5-7-11-24(22)25/h4-11,18-20,25H,3,12-17H2,1-2H3,(H,29,34)(H,32,33). The molecule has 0 radical (unpaired) electrons. The van der Waals surface area contributed by atoms with Crippen LogP contribution in [-0.4, -0.2) is 54.2 Å². The molecule has 0 aromatic heterocycles. The van der Waals surface area contributed by atoms with Crippen LogP contribution in [0.15, 0.2) is 48.5 Å². The molecule has 1 saturated carbocycles. The number of alkyl carbamates (subject to hydrolysis) is 1. The number of carbonyl (C=O) groups is 3. The van der Waals surface area contributed by atoms with Crippen molar-refractivity contribution < 1.29 is 24.2 Å². The van der Waals surface area contributed by atoms with Crippen LogP contribution in [0.5, 0.6) is 0 Å². The van der Waals surface area contributed by atoms with E-state index >= 15 is 0 Å². The lowest BCUT2D eigenvalue weighted by Crippen LogP contribution is -2.41. The second-order valence-electron chi connectivity index (χ2n) is 9.79. The maximum atomic E-state index is 12.5. The van der Waals surface area contributed by atoms with Gasteiger partial charge < -0.3 is 20.1 Å². The predicted octanol–water partition coefficient (Wildman–Crippen LogP) is 4.51. The molecule has 2 N–H and O–H groups in total. The average Bonchev–Trinajstić information content (AvgIpc) is 3.15. The van der Waals surface area contributed by atoms with Gasteiger partial charge in [-0.1, -0.05) is 55.5 Å². The maximum Gasteiger partial charge on any atom is 0.407 e. The highest BCUT2D eigenvalue weighted by atomic mass is 16.5. The second kappa shape index (κ2) is 10.9. The first-order valence-corrected chi connectivity index (χ1v) is 12.5. The van der Waals surface area contributed by atoms with E-state index in [4.69, 9.17) is 9.84 Å². The number of ether oxygens (including phenoxy) is 1. The minimum Gasteiger partial charge on any atom is -0.481 e. The van der Waals surface area contributed by atoms with Crippen LogP contribution in [0, 0.1) is 17.8 Å². The van der Waals surface area contributed by atoms with E-state index in [1.54, 1.807) is 11.8 Å². The maximum absolute atomic E-state index is 12.5. The summed E-state index contributed by atoms with van der Waals surface area (Å²) >= 11 is 0. The number of carboxylic acids is 1. The number of carboxylic acid groups (broad SMARTS) is 1. The average molecular weight is 479 g/mol. The van der Waals surface area contributed by atoms with Crippen molar-refractivity contribution in [1.82, 2.24) is 10.2 Å². The SMILES string of the molecule is CCN(CC(C)C(=O)O)C(=O)CC1CC(CNC(=O)OCC2c3ccccc3-c3ccccc32)C1. The number of rotatable bonds is 10. The molecular weight excluding hydrogens is 444 g/mol. The molecular formula is C28H34N2O5. The molecule has 7 heteroatoms. The van der Waals surface area contributed by atoms with Crippen molar-refractivity contribution in [3.8, 4) is 11.1 Å². The zero-order valence-corrected chi connectivity index (χ0v) is 20.4. The highest BCUT2D eigenvalue weighted by Gasteiger charge is 2.33.